The Bertz CT molecular complexity index is 1200. The van der Waals surface area contributed by atoms with Crippen LogP contribution in [0.15, 0.2) is 73.8 Å². The molecule has 0 aromatic heterocycles. The van der Waals surface area contributed by atoms with Crippen LogP contribution in [0.3, 0.4) is 0 Å². The van der Waals surface area contributed by atoms with E-state index in [-0.39, 0.29) is 36.4 Å². The third-order valence-electron chi connectivity index (χ3n) is 8.41. The van der Waals surface area contributed by atoms with E-state index in [2.05, 4.69) is 55.8 Å². The first kappa shape index (κ1) is 34.2. The summed E-state index contributed by atoms with van der Waals surface area (Å²) in [6.45, 7) is 14.4. The van der Waals surface area contributed by atoms with Gasteiger partial charge < -0.3 is 25.4 Å². The molecule has 2 aromatic rings. The van der Waals surface area contributed by atoms with Crippen LogP contribution in [-0.2, 0) is 20.7 Å². The Labute approximate surface area is 258 Å². The van der Waals surface area contributed by atoms with Crippen molar-refractivity contribution in [3.05, 3.63) is 96.1 Å². The molecular weight excluding hydrogens is 538 g/mol. The fourth-order valence-electron chi connectivity index (χ4n) is 5.86. The lowest BCUT2D eigenvalue weighted by molar-refractivity contribution is -0.142. The molecule has 0 heterocycles. The highest BCUT2D eigenvalue weighted by Gasteiger charge is 2.34. The van der Waals surface area contributed by atoms with Gasteiger partial charge >= 0.3 is 0 Å². The van der Waals surface area contributed by atoms with Crippen molar-refractivity contribution in [2.24, 2.45) is 5.92 Å². The molecule has 7 nitrogen and oxygen atoms in total. The monoisotopic (exact) mass is 589 g/mol. The fraction of sp³-hybridized carbons (Fsp3) is 0.500. The number of carbonyl (C=O) groups excluding carboxylic acids is 2. The molecule has 0 saturated carbocycles. The summed E-state index contributed by atoms with van der Waals surface area (Å²) in [5, 5.41) is 18.2. The summed E-state index contributed by atoms with van der Waals surface area (Å²) in [6.07, 6.45) is 6.78. The highest BCUT2D eigenvalue weighted by atomic mass is 16.5. The molecule has 2 aromatic carbocycles. The summed E-state index contributed by atoms with van der Waals surface area (Å²) in [5.41, 5.74) is 4.50. The highest BCUT2D eigenvalue weighted by Crippen LogP contribution is 2.41. The molecule has 234 valence electrons. The Morgan fingerprint density at radius 1 is 1.14 bits per heavy atom. The minimum Gasteiger partial charge on any atom is -0.390 e. The molecule has 0 spiro atoms. The summed E-state index contributed by atoms with van der Waals surface area (Å²) in [6, 6.07) is 14.9. The number of unbranched alkanes of at least 4 members (excludes halogenated alkanes) is 1. The van der Waals surface area contributed by atoms with Gasteiger partial charge in [0.05, 0.1) is 24.9 Å². The number of ether oxygens (including phenoxy) is 1. The lowest BCUT2D eigenvalue weighted by Crippen LogP contribution is -2.55. The van der Waals surface area contributed by atoms with Crippen molar-refractivity contribution in [2.45, 2.75) is 89.6 Å². The number of nitrogens with one attached hydrogen (secondary N) is 2. The molecule has 3 rings (SSSR count). The zero-order valence-corrected chi connectivity index (χ0v) is 26.4. The van der Waals surface area contributed by atoms with Gasteiger partial charge in [0, 0.05) is 25.6 Å². The average molecular weight is 590 g/mol. The van der Waals surface area contributed by atoms with E-state index < -0.39 is 18.2 Å². The second kappa shape index (κ2) is 17.1. The van der Waals surface area contributed by atoms with E-state index in [1.54, 1.807) is 24.1 Å². The zero-order valence-electron chi connectivity index (χ0n) is 26.4. The lowest BCUT2D eigenvalue weighted by Gasteiger charge is -2.32. The molecule has 0 radical (unpaired) electrons. The first-order valence-electron chi connectivity index (χ1n) is 15.7. The molecule has 2 unspecified atom stereocenters. The number of hydrogen-bond donors (Lipinski definition) is 3. The smallest absolute Gasteiger partial charge is 0.243 e. The summed E-state index contributed by atoms with van der Waals surface area (Å²) in [4.78, 5) is 28.4. The molecule has 43 heavy (non-hydrogen) atoms. The number of rotatable bonds is 18. The van der Waals surface area contributed by atoms with Gasteiger partial charge in [-0.05, 0) is 49.3 Å². The van der Waals surface area contributed by atoms with Crippen molar-refractivity contribution < 1.29 is 19.4 Å². The molecule has 0 saturated heterocycles. The Morgan fingerprint density at radius 2 is 1.88 bits per heavy atom. The van der Waals surface area contributed by atoms with Crippen LogP contribution >= 0.6 is 0 Å². The number of aryl methyl sites for hydroxylation is 1. The fourth-order valence-corrected chi connectivity index (χ4v) is 5.86. The van der Waals surface area contributed by atoms with Gasteiger partial charge in [-0.2, -0.15) is 0 Å². The predicted octanol–water partition coefficient (Wildman–Crippen LogP) is 5.59. The maximum absolute atomic E-state index is 13.7. The molecule has 7 heteroatoms. The number of nitrogens with zero attached hydrogens (tertiary/aromatic N) is 1. The van der Waals surface area contributed by atoms with Crippen LogP contribution in [0.25, 0.3) is 0 Å². The van der Waals surface area contributed by atoms with Gasteiger partial charge in [-0.25, -0.2) is 0 Å². The van der Waals surface area contributed by atoms with Crippen LogP contribution < -0.4 is 10.6 Å². The zero-order chi connectivity index (χ0) is 31.4. The number of fused-ring (bicyclic) bond motifs is 1. The second-order valence-electron chi connectivity index (χ2n) is 11.8. The first-order valence-corrected chi connectivity index (χ1v) is 15.7. The van der Waals surface area contributed by atoms with Crippen molar-refractivity contribution >= 4 is 11.8 Å². The summed E-state index contributed by atoms with van der Waals surface area (Å²) >= 11 is 0. The number of likely N-dealkylation sites (N-methyl/N-ethyl adjacent to an activating group) is 1. The number of aliphatic hydroxyl groups excluding tert-OH is 1. The maximum Gasteiger partial charge on any atom is 0.243 e. The number of hydrogen-bond acceptors (Lipinski definition) is 5. The van der Waals surface area contributed by atoms with E-state index in [1.165, 1.54) is 11.1 Å². The minimum absolute atomic E-state index is 0.00863. The molecule has 6 atom stereocenters. The second-order valence-corrected chi connectivity index (χ2v) is 11.8. The standard InChI is InChI=1S/C36H51N3O4/c1-7-10-15-26(5)36(42)39(6)32(14-8-2)35(41)38-31(22-27-16-12-11-13-17-27)33(40)24-37-30-23-34(43-20-9-3)28-19-18-25(4)21-29(28)30/h8-9,11-13,16-19,21,26,30-34,37,40H,2-3,7,10,14-15,20,22-24H2,1,4-6H3,(H,38,41)/t26-,30+,31?,32-,33?,34-/m0/s1. The molecule has 0 bridgehead atoms. The number of amides is 2. The average Bonchev–Trinajstić information content (AvgIpc) is 3.35. The van der Waals surface area contributed by atoms with Crippen LogP contribution in [0, 0.1) is 12.8 Å². The van der Waals surface area contributed by atoms with E-state index >= 15 is 0 Å². The predicted molar refractivity (Wildman–Crippen MR) is 174 cm³/mol. The van der Waals surface area contributed by atoms with Crippen molar-refractivity contribution in [1.82, 2.24) is 15.5 Å². The van der Waals surface area contributed by atoms with Crippen molar-refractivity contribution in [3.8, 4) is 0 Å². The van der Waals surface area contributed by atoms with Crippen molar-refractivity contribution in [3.63, 3.8) is 0 Å². The van der Waals surface area contributed by atoms with E-state index in [9.17, 15) is 14.7 Å². The van der Waals surface area contributed by atoms with Gasteiger partial charge in [-0.15, -0.1) is 13.2 Å². The van der Waals surface area contributed by atoms with Gasteiger partial charge in [0.25, 0.3) is 0 Å². The molecule has 1 aliphatic rings. The first-order chi connectivity index (χ1) is 20.7. The van der Waals surface area contributed by atoms with Crippen LogP contribution in [0.5, 0.6) is 0 Å². The van der Waals surface area contributed by atoms with Crippen LogP contribution in [0.4, 0.5) is 0 Å². The SMILES string of the molecule is C=CCO[C@H]1C[C@@H](NCC(O)C(Cc2ccccc2)NC(=O)[C@H](CC=C)N(C)C(=O)[C@@H](C)CCCC)c2cc(C)ccc21. The van der Waals surface area contributed by atoms with Gasteiger partial charge in [0.1, 0.15) is 6.04 Å². The van der Waals surface area contributed by atoms with Crippen LogP contribution in [-0.4, -0.2) is 60.2 Å². The van der Waals surface area contributed by atoms with Crippen LogP contribution in [0.2, 0.25) is 0 Å². The van der Waals surface area contributed by atoms with Crippen molar-refractivity contribution in [1.29, 1.82) is 0 Å². The van der Waals surface area contributed by atoms with Crippen molar-refractivity contribution in [2.75, 3.05) is 20.2 Å². The Kier molecular flexibility index (Phi) is 13.6. The normalized spacial score (nSPS) is 18.6. The number of carbonyl (C=O) groups is 2. The van der Waals surface area contributed by atoms with E-state index in [1.807, 2.05) is 37.3 Å². The quantitative estimate of drug-likeness (QED) is 0.197. The number of aliphatic hydroxyl groups is 1. The van der Waals surface area contributed by atoms with Gasteiger partial charge in [0.2, 0.25) is 11.8 Å². The third kappa shape index (κ3) is 9.62. The summed E-state index contributed by atoms with van der Waals surface area (Å²) in [5.74, 6) is -0.518. The number of benzene rings is 2. The van der Waals surface area contributed by atoms with E-state index in [0.29, 0.717) is 19.4 Å². The maximum atomic E-state index is 13.7. The molecule has 3 N–H and O–H groups in total. The molecule has 2 amide bonds. The minimum atomic E-state index is -0.876. The Morgan fingerprint density at radius 3 is 2.56 bits per heavy atom. The van der Waals surface area contributed by atoms with Gasteiger partial charge in [0.15, 0.2) is 0 Å². The van der Waals surface area contributed by atoms with Gasteiger partial charge in [-0.3, -0.25) is 9.59 Å². The molecule has 1 aliphatic carbocycles. The highest BCUT2D eigenvalue weighted by molar-refractivity contribution is 5.88. The topological polar surface area (TPSA) is 90.9 Å². The largest absolute Gasteiger partial charge is 0.390 e. The molecule has 0 aliphatic heterocycles. The molecular formula is C36H51N3O4. The molecule has 0 fully saturated rings. The summed E-state index contributed by atoms with van der Waals surface area (Å²) < 4.78 is 6.05. The van der Waals surface area contributed by atoms with Crippen LogP contribution in [0.1, 0.15) is 80.4 Å². The lowest BCUT2D eigenvalue weighted by atomic mass is 9.98. The van der Waals surface area contributed by atoms with E-state index in [4.69, 9.17) is 4.74 Å². The van der Waals surface area contributed by atoms with Gasteiger partial charge in [-0.1, -0.05) is 92.9 Å². The Hall–Kier alpha value is -3.26. The summed E-state index contributed by atoms with van der Waals surface area (Å²) in [7, 11) is 1.69. The Balaban J connectivity index is 1.75. The third-order valence-corrected chi connectivity index (χ3v) is 8.41. The van der Waals surface area contributed by atoms with E-state index in [0.717, 1.165) is 36.8 Å².